The average molecular weight is 787 g/mol. The van der Waals surface area contributed by atoms with Crippen molar-refractivity contribution in [2.75, 3.05) is 0 Å². The Morgan fingerprint density at radius 2 is 1.13 bits per heavy atom. The first-order valence-corrected chi connectivity index (χ1v) is 14.6. The van der Waals surface area contributed by atoms with E-state index in [0.29, 0.717) is 0 Å². The van der Waals surface area contributed by atoms with Crippen LogP contribution < -0.4 is 0 Å². The molecule has 11 heteroatoms. The fourth-order valence-corrected chi connectivity index (χ4v) is 5.79. The summed E-state index contributed by atoms with van der Waals surface area (Å²) in [6, 6.07) is 29.6. The van der Waals surface area contributed by atoms with Gasteiger partial charge < -0.3 is 4.57 Å². The van der Waals surface area contributed by atoms with Crippen molar-refractivity contribution >= 4 is 10.8 Å². The molecule has 0 unspecified atom stereocenters. The van der Waals surface area contributed by atoms with E-state index in [-0.39, 0.29) is 21.1 Å². The van der Waals surface area contributed by atoms with Crippen LogP contribution in [0.25, 0.3) is 27.7 Å². The van der Waals surface area contributed by atoms with Crippen LogP contribution in [0.3, 0.4) is 0 Å². The van der Waals surface area contributed by atoms with Gasteiger partial charge in [0.25, 0.3) is 0 Å². The minimum atomic E-state index is -0.986. The second-order valence-corrected chi connectivity index (χ2v) is 10.6. The van der Waals surface area contributed by atoms with Crippen molar-refractivity contribution in [1.29, 1.82) is 0 Å². The van der Waals surface area contributed by atoms with Gasteiger partial charge in [-0.1, -0.05) is 47.9 Å². The van der Waals surface area contributed by atoms with Gasteiger partial charge in [0.05, 0.1) is 11.5 Å². The van der Waals surface area contributed by atoms with E-state index in [9.17, 15) is 0 Å². The molecule has 0 atom stereocenters. The van der Waals surface area contributed by atoms with Gasteiger partial charge in [-0.25, -0.2) is 18.7 Å². The van der Waals surface area contributed by atoms with Crippen LogP contribution in [0.5, 0.6) is 0 Å². The number of rotatable bonds is 6. The van der Waals surface area contributed by atoms with E-state index < -0.39 is 5.91 Å². The molecule has 46 heavy (non-hydrogen) atoms. The topological polar surface area (TPSA) is 89.1 Å². The number of aryl methyl sites for hydroxylation is 3. The van der Waals surface area contributed by atoms with Gasteiger partial charge in [-0.3, -0.25) is 4.98 Å². The Labute approximate surface area is 280 Å². The molecular formula is C35H31N10Pt-. The van der Waals surface area contributed by atoms with Gasteiger partial charge in [-0.2, -0.15) is 20.4 Å². The van der Waals surface area contributed by atoms with Crippen LogP contribution in [-0.2, 0) is 27.0 Å². The van der Waals surface area contributed by atoms with Crippen molar-refractivity contribution in [3.05, 3.63) is 158 Å². The van der Waals surface area contributed by atoms with E-state index in [4.69, 9.17) is 4.98 Å². The Bertz CT molecular complexity index is 1970. The largest absolute Gasteiger partial charge is 0.354 e. The predicted molar refractivity (Wildman–Crippen MR) is 173 cm³/mol. The van der Waals surface area contributed by atoms with E-state index in [1.54, 1.807) is 43.5 Å². The molecule has 0 radical (unpaired) electrons. The number of imidazole rings is 1. The molecule has 0 aliphatic heterocycles. The van der Waals surface area contributed by atoms with Gasteiger partial charge in [0, 0.05) is 76.3 Å². The smallest absolute Gasteiger partial charge is 0.313 e. The zero-order chi connectivity index (χ0) is 30.8. The van der Waals surface area contributed by atoms with Crippen LogP contribution >= 0.6 is 0 Å². The number of hydrogen-bond donors (Lipinski definition) is 0. The molecule has 0 aliphatic rings. The molecule has 0 spiro atoms. The fourth-order valence-electron chi connectivity index (χ4n) is 5.79. The Morgan fingerprint density at radius 3 is 1.63 bits per heavy atom. The molecule has 0 saturated heterocycles. The minimum absolute atomic E-state index is 0. The molecule has 232 valence electrons. The maximum absolute atomic E-state index is 4.82. The van der Waals surface area contributed by atoms with E-state index >= 15 is 0 Å². The molecule has 8 aromatic rings. The van der Waals surface area contributed by atoms with Crippen molar-refractivity contribution < 1.29 is 21.1 Å². The zero-order valence-electron chi connectivity index (χ0n) is 25.5. The van der Waals surface area contributed by atoms with Crippen LogP contribution in [0, 0.1) is 26.8 Å². The van der Waals surface area contributed by atoms with Gasteiger partial charge in [0.2, 0.25) is 0 Å². The van der Waals surface area contributed by atoms with Crippen molar-refractivity contribution in [2.45, 2.75) is 26.7 Å². The molecular weight excluding hydrogens is 756 g/mol. The van der Waals surface area contributed by atoms with Crippen molar-refractivity contribution in [3.8, 4) is 16.9 Å². The quantitative estimate of drug-likeness (QED) is 0.190. The van der Waals surface area contributed by atoms with E-state index in [2.05, 4.69) is 107 Å². The van der Waals surface area contributed by atoms with E-state index in [0.717, 1.165) is 17.1 Å². The average Bonchev–Trinajstić information content (AvgIpc) is 3.91. The second kappa shape index (κ2) is 12.9. The van der Waals surface area contributed by atoms with Crippen LogP contribution in [0.15, 0.2) is 135 Å². The number of aromatic nitrogens is 10. The summed E-state index contributed by atoms with van der Waals surface area (Å²) in [4.78, 5) is 4.82. The van der Waals surface area contributed by atoms with Crippen LogP contribution in [0.1, 0.15) is 17.0 Å². The summed E-state index contributed by atoms with van der Waals surface area (Å²) in [6.45, 7) is 6.34. The molecule has 10 nitrogen and oxygen atoms in total. The van der Waals surface area contributed by atoms with Crippen molar-refractivity contribution in [1.82, 2.24) is 48.7 Å². The first-order chi connectivity index (χ1) is 22.1. The third-order valence-electron chi connectivity index (χ3n) is 7.79. The van der Waals surface area contributed by atoms with Crippen LogP contribution in [0.2, 0.25) is 0 Å². The first kappa shape index (κ1) is 30.7. The SMILES string of the molecule is Cc1cccc(C)c1-n1cc(-c2[c-]ccc3ccccc23)nc1C.[Pt].c1cnn(C(n2cccn2)(n2cccn2)n2cccn2)c1. The third kappa shape index (κ3) is 5.30. The maximum atomic E-state index is 4.82. The van der Waals surface area contributed by atoms with Gasteiger partial charge >= 0.3 is 5.91 Å². The Kier molecular flexibility index (Phi) is 8.63. The van der Waals surface area contributed by atoms with Crippen molar-refractivity contribution in [3.63, 3.8) is 0 Å². The summed E-state index contributed by atoms with van der Waals surface area (Å²) in [5.74, 6) is 0.00346. The fraction of sp³-hybridized carbons (Fsp3) is 0.114. The molecule has 0 bridgehead atoms. The number of nitrogens with zero attached hydrogens (tertiary/aromatic N) is 10. The third-order valence-corrected chi connectivity index (χ3v) is 7.79. The number of benzene rings is 3. The molecule has 0 amide bonds. The van der Waals surface area contributed by atoms with Crippen LogP contribution in [-0.4, -0.2) is 48.7 Å². The Balaban J connectivity index is 0.000000159. The van der Waals surface area contributed by atoms with Gasteiger partial charge in [-0.15, -0.1) is 29.1 Å². The molecule has 0 fully saturated rings. The summed E-state index contributed by atoms with van der Waals surface area (Å²) in [5, 5.41) is 20.0. The monoisotopic (exact) mass is 786 g/mol. The molecule has 5 aromatic heterocycles. The molecule has 5 heterocycles. The van der Waals surface area contributed by atoms with Gasteiger partial charge in [0.1, 0.15) is 0 Å². The first-order valence-electron chi connectivity index (χ1n) is 14.6. The molecule has 8 rings (SSSR count). The van der Waals surface area contributed by atoms with E-state index in [1.165, 1.54) is 27.6 Å². The summed E-state index contributed by atoms with van der Waals surface area (Å²) >= 11 is 0. The Hall–Kier alpha value is -5.34. The van der Waals surface area contributed by atoms with Crippen molar-refractivity contribution in [2.24, 2.45) is 0 Å². The van der Waals surface area contributed by atoms with Gasteiger partial charge in [-0.05, 0) is 62.4 Å². The second-order valence-electron chi connectivity index (χ2n) is 10.6. The summed E-state index contributed by atoms with van der Waals surface area (Å²) in [7, 11) is 0. The minimum Gasteiger partial charge on any atom is -0.313 e. The zero-order valence-corrected chi connectivity index (χ0v) is 27.8. The maximum Gasteiger partial charge on any atom is 0.354 e. The molecule has 0 saturated carbocycles. The molecule has 0 aliphatic carbocycles. The molecule has 0 N–H and O–H groups in total. The van der Waals surface area contributed by atoms with Crippen LogP contribution in [0.4, 0.5) is 0 Å². The Morgan fingerprint density at radius 1 is 0.609 bits per heavy atom. The summed E-state index contributed by atoms with van der Waals surface area (Å²) in [6.07, 6.45) is 16.4. The summed E-state index contributed by atoms with van der Waals surface area (Å²) < 4.78 is 9.19. The summed E-state index contributed by atoms with van der Waals surface area (Å²) in [5.41, 5.74) is 5.75. The normalized spacial score (nSPS) is 11.2. The van der Waals surface area contributed by atoms with Gasteiger partial charge in [0.15, 0.2) is 0 Å². The van der Waals surface area contributed by atoms with E-state index in [1.807, 2.05) is 55.1 Å². The standard InChI is InChI=1S/C22H19N2.C13H12N8.Pt/c1-15-8-6-9-16(2)22(15)24-14-21(23-17(24)3)20-13-7-11-18-10-4-5-12-19(18)20;1-5-14-18(9-1)13(19-10-2-6-15-19,20-11-3-7-16-20)21-12-4-8-17-21;/h4-12,14H,1-3H3;1-12H;/q-1;;. The predicted octanol–water partition coefficient (Wildman–Crippen LogP) is 6.10. The molecule has 3 aromatic carbocycles. The number of hydrogen-bond acceptors (Lipinski definition) is 5. The number of fused-ring (bicyclic) bond motifs is 1. The number of para-hydroxylation sites is 1.